The minimum absolute atomic E-state index is 0.0555. The Morgan fingerprint density at radius 3 is 1.29 bits per heavy atom. The molecule has 0 aliphatic carbocycles. The van der Waals surface area contributed by atoms with Crippen LogP contribution in [0.3, 0.4) is 0 Å². The summed E-state index contributed by atoms with van der Waals surface area (Å²) in [6.45, 7) is 0.803. The SMILES string of the molecule is O=C1CCCCCCCCC(=O)OCCCCCCO1.OCCO. The number of hydrogen-bond acceptors (Lipinski definition) is 6. The summed E-state index contributed by atoms with van der Waals surface area (Å²) in [7, 11) is 0. The van der Waals surface area contributed by atoms with E-state index in [9.17, 15) is 9.59 Å². The Morgan fingerprint density at radius 2 is 0.917 bits per heavy atom. The van der Waals surface area contributed by atoms with Gasteiger partial charge >= 0.3 is 11.9 Å². The summed E-state index contributed by atoms with van der Waals surface area (Å²) in [5, 5.41) is 15.2. The number of rotatable bonds is 1. The van der Waals surface area contributed by atoms with Crippen molar-refractivity contribution in [1.82, 2.24) is 0 Å². The van der Waals surface area contributed by atoms with Crippen LogP contribution in [0.1, 0.15) is 77.0 Å². The van der Waals surface area contributed by atoms with Gasteiger partial charge in [-0.25, -0.2) is 0 Å². The van der Waals surface area contributed by atoms with Crippen LogP contribution in [0.2, 0.25) is 0 Å². The molecule has 0 spiro atoms. The highest BCUT2D eigenvalue weighted by Gasteiger charge is 2.05. The smallest absolute Gasteiger partial charge is 0.305 e. The average Bonchev–Trinajstić information content (AvgIpc) is 2.59. The fraction of sp³-hybridized carbons (Fsp3) is 0.889. The molecular weight excluding hydrogens is 312 g/mol. The van der Waals surface area contributed by atoms with E-state index in [0.717, 1.165) is 64.2 Å². The standard InChI is InChI=1S/C16H28O4.C2H6O2/c17-15-11-7-3-1-2-4-8-12-16(18)20-14-10-6-5-9-13-19-15;3-1-2-4/h1-14H2;3-4H,1-2H2. The second-order valence-electron chi connectivity index (χ2n) is 5.92. The van der Waals surface area contributed by atoms with Crippen LogP contribution >= 0.6 is 0 Å². The number of cyclic esters (lactones) is 2. The van der Waals surface area contributed by atoms with E-state index in [2.05, 4.69) is 0 Å². The molecule has 6 nitrogen and oxygen atoms in total. The van der Waals surface area contributed by atoms with E-state index >= 15 is 0 Å². The lowest BCUT2D eigenvalue weighted by molar-refractivity contribution is -0.145. The van der Waals surface area contributed by atoms with Crippen molar-refractivity contribution < 1.29 is 29.3 Å². The van der Waals surface area contributed by atoms with Crippen LogP contribution in [0.4, 0.5) is 0 Å². The third kappa shape index (κ3) is 17.2. The molecular formula is C18H34O6. The maximum absolute atomic E-state index is 11.4. The molecule has 0 aromatic carbocycles. The lowest BCUT2D eigenvalue weighted by Crippen LogP contribution is -2.07. The van der Waals surface area contributed by atoms with Gasteiger partial charge in [-0.3, -0.25) is 9.59 Å². The lowest BCUT2D eigenvalue weighted by atomic mass is 10.1. The maximum atomic E-state index is 11.4. The number of esters is 2. The van der Waals surface area contributed by atoms with E-state index in [0.29, 0.717) is 26.1 Å². The fourth-order valence-electron chi connectivity index (χ4n) is 2.32. The fourth-order valence-corrected chi connectivity index (χ4v) is 2.32. The Kier molecular flexibility index (Phi) is 17.3. The average molecular weight is 346 g/mol. The Morgan fingerprint density at radius 1 is 0.583 bits per heavy atom. The molecule has 0 amide bonds. The number of aliphatic hydroxyl groups is 2. The zero-order valence-corrected chi connectivity index (χ0v) is 14.8. The third-order valence-electron chi connectivity index (χ3n) is 3.68. The minimum Gasteiger partial charge on any atom is -0.466 e. The van der Waals surface area contributed by atoms with Crippen LogP contribution in [0.5, 0.6) is 0 Å². The van der Waals surface area contributed by atoms with Crippen molar-refractivity contribution in [1.29, 1.82) is 0 Å². The van der Waals surface area contributed by atoms with Gasteiger partial charge in [-0.2, -0.15) is 0 Å². The first kappa shape index (κ1) is 22.9. The van der Waals surface area contributed by atoms with Gasteiger partial charge in [-0.05, 0) is 38.5 Å². The molecule has 1 aliphatic rings. The zero-order chi connectivity index (χ0) is 17.9. The highest BCUT2D eigenvalue weighted by atomic mass is 16.5. The van der Waals surface area contributed by atoms with Crippen molar-refractivity contribution in [2.75, 3.05) is 26.4 Å². The molecule has 0 atom stereocenters. The van der Waals surface area contributed by atoms with E-state index in [1.807, 2.05) is 0 Å². The second-order valence-corrected chi connectivity index (χ2v) is 5.92. The molecule has 0 aromatic rings. The van der Waals surface area contributed by atoms with Crippen molar-refractivity contribution >= 4 is 11.9 Å². The van der Waals surface area contributed by atoms with Crippen LogP contribution in [-0.4, -0.2) is 48.6 Å². The largest absolute Gasteiger partial charge is 0.466 e. The molecule has 1 fully saturated rings. The Labute approximate surface area is 145 Å². The summed E-state index contributed by atoms with van der Waals surface area (Å²) in [6.07, 6.45) is 11.2. The number of aliphatic hydroxyl groups excluding tert-OH is 2. The van der Waals surface area contributed by atoms with Gasteiger partial charge < -0.3 is 19.7 Å². The quantitative estimate of drug-likeness (QED) is 0.709. The highest BCUT2D eigenvalue weighted by molar-refractivity contribution is 5.69. The monoisotopic (exact) mass is 346 g/mol. The summed E-state index contributed by atoms with van der Waals surface area (Å²) < 4.78 is 10.4. The van der Waals surface area contributed by atoms with E-state index in [4.69, 9.17) is 19.7 Å². The molecule has 0 radical (unpaired) electrons. The highest BCUT2D eigenvalue weighted by Crippen LogP contribution is 2.10. The van der Waals surface area contributed by atoms with Crippen molar-refractivity contribution in [3.63, 3.8) is 0 Å². The summed E-state index contributed by atoms with van der Waals surface area (Å²) in [4.78, 5) is 22.9. The topological polar surface area (TPSA) is 93.1 Å². The Balaban J connectivity index is 0.00000118. The predicted molar refractivity (Wildman–Crippen MR) is 91.5 cm³/mol. The first-order valence-electron chi connectivity index (χ1n) is 9.23. The lowest BCUT2D eigenvalue weighted by Gasteiger charge is -2.07. The second kappa shape index (κ2) is 18.2. The van der Waals surface area contributed by atoms with Gasteiger partial charge in [0.25, 0.3) is 0 Å². The minimum atomic E-state index is -0.125. The van der Waals surface area contributed by atoms with E-state index in [-0.39, 0.29) is 25.2 Å². The van der Waals surface area contributed by atoms with Gasteiger partial charge in [-0.1, -0.05) is 25.7 Å². The predicted octanol–water partition coefficient (Wildman–Crippen LogP) is 2.74. The number of ether oxygens (including phenoxy) is 2. The first-order valence-corrected chi connectivity index (χ1v) is 9.23. The van der Waals surface area contributed by atoms with Gasteiger partial charge in [0, 0.05) is 12.8 Å². The number of carbonyl (C=O) groups is 2. The van der Waals surface area contributed by atoms with E-state index in [1.54, 1.807) is 0 Å². The molecule has 1 rings (SSSR count). The number of hydrogen-bond donors (Lipinski definition) is 2. The van der Waals surface area contributed by atoms with Gasteiger partial charge in [0.15, 0.2) is 0 Å². The normalized spacial score (nSPS) is 19.8. The van der Waals surface area contributed by atoms with Crippen molar-refractivity contribution in [2.24, 2.45) is 0 Å². The Hall–Kier alpha value is -1.14. The van der Waals surface area contributed by atoms with Crippen LogP contribution in [0, 0.1) is 0 Å². The van der Waals surface area contributed by atoms with Gasteiger partial charge in [-0.15, -0.1) is 0 Å². The molecule has 2 N–H and O–H groups in total. The third-order valence-corrected chi connectivity index (χ3v) is 3.68. The molecule has 24 heavy (non-hydrogen) atoms. The molecule has 1 aliphatic heterocycles. The molecule has 0 saturated carbocycles. The summed E-state index contributed by atoms with van der Waals surface area (Å²) >= 11 is 0. The van der Waals surface area contributed by atoms with E-state index < -0.39 is 0 Å². The molecule has 1 saturated heterocycles. The molecule has 1 heterocycles. The van der Waals surface area contributed by atoms with Crippen molar-refractivity contribution in [2.45, 2.75) is 77.0 Å². The van der Waals surface area contributed by atoms with E-state index in [1.165, 1.54) is 0 Å². The molecule has 6 heteroatoms. The van der Waals surface area contributed by atoms with Crippen LogP contribution in [0.25, 0.3) is 0 Å². The van der Waals surface area contributed by atoms with Crippen LogP contribution in [-0.2, 0) is 19.1 Å². The first-order chi connectivity index (χ1) is 11.7. The zero-order valence-electron chi connectivity index (χ0n) is 14.8. The van der Waals surface area contributed by atoms with Gasteiger partial charge in [0.2, 0.25) is 0 Å². The maximum Gasteiger partial charge on any atom is 0.305 e. The Bertz CT molecular complexity index is 252. The summed E-state index contributed by atoms with van der Waals surface area (Å²) in [5.74, 6) is -0.111. The van der Waals surface area contributed by atoms with Gasteiger partial charge in [0.1, 0.15) is 0 Å². The molecule has 142 valence electrons. The molecule has 0 unspecified atom stereocenters. The van der Waals surface area contributed by atoms with Gasteiger partial charge in [0.05, 0.1) is 26.4 Å². The number of carbonyl (C=O) groups excluding carboxylic acids is 2. The molecule has 0 aromatic heterocycles. The van der Waals surface area contributed by atoms with Crippen molar-refractivity contribution in [3.05, 3.63) is 0 Å². The van der Waals surface area contributed by atoms with Crippen molar-refractivity contribution in [3.8, 4) is 0 Å². The summed E-state index contributed by atoms with van der Waals surface area (Å²) in [5.41, 5.74) is 0. The van der Waals surface area contributed by atoms with Crippen LogP contribution in [0.15, 0.2) is 0 Å². The molecule has 0 bridgehead atoms. The van der Waals surface area contributed by atoms with Crippen LogP contribution < -0.4 is 0 Å². The summed E-state index contributed by atoms with van der Waals surface area (Å²) in [6, 6.07) is 0.